The summed E-state index contributed by atoms with van der Waals surface area (Å²) in [6, 6.07) is 0.425. The molecule has 0 aliphatic heterocycles. The lowest BCUT2D eigenvalue weighted by molar-refractivity contribution is 0.615. The Morgan fingerprint density at radius 1 is 1.10 bits per heavy atom. The Bertz CT molecular complexity index is 415. The van der Waals surface area contributed by atoms with Gasteiger partial charge < -0.3 is 10.6 Å². The summed E-state index contributed by atoms with van der Waals surface area (Å²) in [4.78, 5) is 11.5. The molecule has 0 saturated heterocycles. The molecule has 0 aliphatic rings. The van der Waals surface area contributed by atoms with Gasteiger partial charge in [0, 0.05) is 24.6 Å². The van der Waals surface area contributed by atoms with Crippen molar-refractivity contribution in [2.24, 2.45) is 0 Å². The number of hydrogen-bond acceptors (Lipinski definition) is 4. The zero-order valence-electron chi connectivity index (χ0n) is 13.7. The fraction of sp³-hybridized carbons (Fsp3) is 0.750. The molecule has 1 rings (SSSR count). The first-order chi connectivity index (χ1) is 9.51. The van der Waals surface area contributed by atoms with Gasteiger partial charge >= 0.3 is 0 Å². The van der Waals surface area contributed by atoms with Crippen LogP contribution in [0, 0.1) is 6.92 Å². The molecule has 0 unspecified atom stereocenters. The van der Waals surface area contributed by atoms with E-state index >= 15 is 0 Å². The number of aromatic nitrogens is 2. The molecule has 114 valence electrons. The molecule has 0 aliphatic carbocycles. The Balaban J connectivity index is 3.04. The van der Waals surface area contributed by atoms with E-state index in [0.717, 1.165) is 36.6 Å². The summed E-state index contributed by atoms with van der Waals surface area (Å²) < 4.78 is 0. The lowest BCUT2D eigenvalue weighted by Crippen LogP contribution is -2.33. The van der Waals surface area contributed by atoms with Crippen LogP contribution < -0.4 is 10.6 Å². The molecule has 4 heteroatoms. The molecule has 4 nitrogen and oxygen atoms in total. The zero-order valence-corrected chi connectivity index (χ0v) is 13.7. The number of anilines is 2. The van der Waals surface area contributed by atoms with Gasteiger partial charge in [0.25, 0.3) is 0 Å². The van der Waals surface area contributed by atoms with E-state index < -0.39 is 0 Å². The molecule has 0 aromatic carbocycles. The summed E-state index contributed by atoms with van der Waals surface area (Å²) in [5, 5.41) is 0. The Morgan fingerprint density at radius 2 is 1.80 bits per heavy atom. The van der Waals surface area contributed by atoms with Crippen molar-refractivity contribution in [1.29, 1.82) is 0 Å². The van der Waals surface area contributed by atoms with Gasteiger partial charge in [-0.25, -0.2) is 9.97 Å². The summed E-state index contributed by atoms with van der Waals surface area (Å²) in [7, 11) is 0. The molecule has 1 aromatic rings. The molecule has 1 aromatic heterocycles. The van der Waals surface area contributed by atoms with Gasteiger partial charge in [0.2, 0.25) is 0 Å². The van der Waals surface area contributed by atoms with Crippen molar-refractivity contribution < 1.29 is 0 Å². The lowest BCUT2D eigenvalue weighted by Gasteiger charge is -2.30. The Morgan fingerprint density at radius 3 is 2.35 bits per heavy atom. The highest BCUT2D eigenvalue weighted by molar-refractivity contribution is 5.56. The van der Waals surface area contributed by atoms with Gasteiger partial charge in [0.1, 0.15) is 17.5 Å². The first kappa shape index (κ1) is 16.7. The second kappa shape index (κ2) is 8.08. The van der Waals surface area contributed by atoms with Crippen molar-refractivity contribution in [2.75, 3.05) is 17.2 Å². The predicted octanol–water partition coefficient (Wildman–Crippen LogP) is 3.72. The van der Waals surface area contributed by atoms with Crippen molar-refractivity contribution in [1.82, 2.24) is 9.97 Å². The van der Waals surface area contributed by atoms with Crippen LogP contribution in [0.4, 0.5) is 11.6 Å². The van der Waals surface area contributed by atoms with Crippen LogP contribution in [0.25, 0.3) is 0 Å². The molecule has 20 heavy (non-hydrogen) atoms. The van der Waals surface area contributed by atoms with Crippen molar-refractivity contribution in [3.63, 3.8) is 0 Å². The molecular formula is C16H30N4. The lowest BCUT2D eigenvalue weighted by atomic mass is 10.2. The van der Waals surface area contributed by atoms with E-state index in [1.807, 2.05) is 6.92 Å². The van der Waals surface area contributed by atoms with E-state index in [9.17, 15) is 0 Å². The topological polar surface area (TPSA) is 55.0 Å². The molecule has 1 heterocycles. The van der Waals surface area contributed by atoms with E-state index in [-0.39, 0.29) is 0 Å². The molecule has 0 radical (unpaired) electrons. The SMILES string of the molecule is CCCCCN(c1nc(CCC)nc(N)c1C)C(C)C. The van der Waals surface area contributed by atoms with Gasteiger partial charge in [-0.05, 0) is 33.6 Å². The van der Waals surface area contributed by atoms with E-state index in [4.69, 9.17) is 10.7 Å². The first-order valence-corrected chi connectivity index (χ1v) is 7.90. The minimum Gasteiger partial charge on any atom is -0.383 e. The maximum Gasteiger partial charge on any atom is 0.137 e. The maximum absolute atomic E-state index is 6.07. The highest BCUT2D eigenvalue weighted by atomic mass is 15.2. The number of nitrogens with two attached hydrogens (primary N) is 1. The van der Waals surface area contributed by atoms with Crippen LogP contribution in [0.15, 0.2) is 0 Å². The predicted molar refractivity (Wildman–Crippen MR) is 87.2 cm³/mol. The number of unbranched alkanes of at least 4 members (excludes halogenated alkanes) is 2. The quantitative estimate of drug-likeness (QED) is 0.736. The molecule has 0 saturated carbocycles. The van der Waals surface area contributed by atoms with E-state index in [1.54, 1.807) is 0 Å². The number of rotatable bonds is 8. The molecule has 0 spiro atoms. The Kier molecular flexibility index (Phi) is 6.76. The third-order valence-corrected chi connectivity index (χ3v) is 3.58. The molecule has 0 bridgehead atoms. The minimum atomic E-state index is 0.425. The third kappa shape index (κ3) is 4.36. The number of aryl methyl sites for hydroxylation is 1. The summed E-state index contributed by atoms with van der Waals surface area (Å²) in [6.45, 7) is 11.9. The fourth-order valence-corrected chi connectivity index (χ4v) is 2.32. The van der Waals surface area contributed by atoms with E-state index in [0.29, 0.717) is 11.9 Å². The minimum absolute atomic E-state index is 0.425. The molecule has 0 fully saturated rings. The van der Waals surface area contributed by atoms with Crippen molar-refractivity contribution in [3.05, 3.63) is 11.4 Å². The standard InChI is InChI=1S/C16H30N4/c1-6-8-9-11-20(12(3)4)16-13(5)15(17)18-14(19-16)10-7-2/h12H,6-11H2,1-5H3,(H2,17,18,19). The van der Waals surface area contributed by atoms with Crippen LogP contribution in [-0.2, 0) is 6.42 Å². The monoisotopic (exact) mass is 278 g/mol. The van der Waals surface area contributed by atoms with Gasteiger partial charge in [-0.3, -0.25) is 0 Å². The summed E-state index contributed by atoms with van der Waals surface area (Å²) in [5.41, 5.74) is 7.08. The molecule has 0 amide bonds. The number of nitrogens with zero attached hydrogens (tertiary/aromatic N) is 3. The average molecular weight is 278 g/mol. The van der Waals surface area contributed by atoms with E-state index in [2.05, 4.69) is 37.6 Å². The first-order valence-electron chi connectivity index (χ1n) is 7.90. The van der Waals surface area contributed by atoms with Crippen LogP contribution in [0.5, 0.6) is 0 Å². The van der Waals surface area contributed by atoms with Gasteiger partial charge in [-0.2, -0.15) is 0 Å². The average Bonchev–Trinajstić information content (AvgIpc) is 2.39. The molecule has 0 atom stereocenters. The second-order valence-electron chi connectivity index (χ2n) is 5.72. The van der Waals surface area contributed by atoms with Crippen molar-refractivity contribution in [3.8, 4) is 0 Å². The second-order valence-corrected chi connectivity index (χ2v) is 5.72. The van der Waals surface area contributed by atoms with E-state index in [1.165, 1.54) is 19.3 Å². The summed E-state index contributed by atoms with van der Waals surface area (Å²) in [5.74, 6) is 2.51. The highest BCUT2D eigenvalue weighted by Gasteiger charge is 2.17. The Hall–Kier alpha value is -1.32. The normalized spacial score (nSPS) is 11.1. The molecule has 2 N–H and O–H groups in total. The van der Waals surface area contributed by atoms with Crippen LogP contribution in [0.1, 0.15) is 64.8 Å². The number of hydrogen-bond donors (Lipinski definition) is 1. The largest absolute Gasteiger partial charge is 0.383 e. The van der Waals surface area contributed by atoms with Gasteiger partial charge in [0.05, 0.1) is 0 Å². The molecular weight excluding hydrogens is 248 g/mol. The summed E-state index contributed by atoms with van der Waals surface area (Å²) >= 11 is 0. The van der Waals surface area contributed by atoms with Crippen molar-refractivity contribution in [2.45, 2.75) is 72.8 Å². The zero-order chi connectivity index (χ0) is 15.1. The Labute approximate surface area is 123 Å². The number of nitrogen functional groups attached to an aromatic ring is 1. The van der Waals surface area contributed by atoms with Crippen LogP contribution in [-0.4, -0.2) is 22.6 Å². The van der Waals surface area contributed by atoms with Gasteiger partial charge in [-0.1, -0.05) is 26.7 Å². The third-order valence-electron chi connectivity index (χ3n) is 3.58. The van der Waals surface area contributed by atoms with Gasteiger partial charge in [0.15, 0.2) is 0 Å². The van der Waals surface area contributed by atoms with Crippen LogP contribution in [0.2, 0.25) is 0 Å². The summed E-state index contributed by atoms with van der Waals surface area (Å²) in [6.07, 6.45) is 5.61. The highest BCUT2D eigenvalue weighted by Crippen LogP contribution is 2.24. The fourth-order valence-electron chi connectivity index (χ4n) is 2.32. The maximum atomic E-state index is 6.07. The van der Waals surface area contributed by atoms with Crippen molar-refractivity contribution >= 4 is 11.6 Å². The van der Waals surface area contributed by atoms with Crippen LogP contribution >= 0.6 is 0 Å². The smallest absolute Gasteiger partial charge is 0.137 e. The van der Waals surface area contributed by atoms with Crippen LogP contribution in [0.3, 0.4) is 0 Å². The van der Waals surface area contributed by atoms with Gasteiger partial charge in [-0.15, -0.1) is 0 Å².